The lowest BCUT2D eigenvalue weighted by atomic mass is 9.98. The normalized spacial score (nSPS) is 13.6. The average Bonchev–Trinajstić information content (AvgIpc) is 2.52. The predicted molar refractivity (Wildman–Crippen MR) is 83.0 cm³/mol. The summed E-state index contributed by atoms with van der Waals surface area (Å²) in [7, 11) is 0. The molecule has 21 heavy (non-hydrogen) atoms. The molecule has 3 rings (SSSR count). The molecule has 1 N–H and O–H groups in total. The predicted octanol–water partition coefficient (Wildman–Crippen LogP) is 3.93. The van der Waals surface area contributed by atoms with Gasteiger partial charge in [0.2, 0.25) is 0 Å². The highest BCUT2D eigenvalue weighted by Crippen LogP contribution is 2.31. The van der Waals surface area contributed by atoms with Gasteiger partial charge in [0.15, 0.2) is 0 Å². The first kappa shape index (κ1) is 14.1. The summed E-state index contributed by atoms with van der Waals surface area (Å²) in [5.41, 5.74) is 3.73. The smallest absolute Gasteiger partial charge is 0.131 e. The van der Waals surface area contributed by atoms with Crippen molar-refractivity contribution in [2.24, 2.45) is 0 Å². The summed E-state index contributed by atoms with van der Waals surface area (Å²) in [5, 5.41) is 3.21. The first-order chi connectivity index (χ1) is 10.3. The van der Waals surface area contributed by atoms with E-state index in [2.05, 4.69) is 11.4 Å². The van der Waals surface area contributed by atoms with E-state index in [0.717, 1.165) is 42.9 Å². The maximum Gasteiger partial charge on any atom is 0.131 e. The zero-order chi connectivity index (χ0) is 14.7. The van der Waals surface area contributed by atoms with Crippen molar-refractivity contribution < 1.29 is 9.13 Å². The van der Waals surface area contributed by atoms with E-state index >= 15 is 0 Å². The van der Waals surface area contributed by atoms with Crippen molar-refractivity contribution in [3.63, 3.8) is 0 Å². The molecule has 3 heteroatoms. The molecule has 1 heterocycles. The van der Waals surface area contributed by atoms with Crippen molar-refractivity contribution in [3.05, 3.63) is 53.3 Å². The van der Waals surface area contributed by atoms with Gasteiger partial charge in [-0.15, -0.1) is 0 Å². The number of ether oxygens (including phenoxy) is 1. The fraction of sp³-hybridized carbons (Fsp3) is 0.333. The molecule has 0 atom stereocenters. The number of rotatable bonds is 4. The van der Waals surface area contributed by atoms with E-state index in [0.29, 0.717) is 12.1 Å². The van der Waals surface area contributed by atoms with Gasteiger partial charge in [0.25, 0.3) is 0 Å². The lowest BCUT2D eigenvalue weighted by Gasteiger charge is -2.18. The van der Waals surface area contributed by atoms with Crippen LogP contribution in [0.25, 0.3) is 11.1 Å². The zero-order valence-electron chi connectivity index (χ0n) is 12.3. The molecule has 0 unspecified atom stereocenters. The van der Waals surface area contributed by atoms with E-state index in [4.69, 9.17) is 4.74 Å². The molecule has 0 radical (unpaired) electrons. The summed E-state index contributed by atoms with van der Waals surface area (Å²) in [6.07, 6.45) is 2.03. The van der Waals surface area contributed by atoms with Gasteiger partial charge in [-0.2, -0.15) is 0 Å². The second kappa shape index (κ2) is 6.27. The molecular formula is C18H20FNO. The second-order valence-electron chi connectivity index (χ2n) is 5.37. The van der Waals surface area contributed by atoms with Crippen molar-refractivity contribution in [2.45, 2.75) is 26.3 Å². The van der Waals surface area contributed by atoms with E-state index in [-0.39, 0.29) is 5.82 Å². The van der Waals surface area contributed by atoms with Gasteiger partial charge in [-0.25, -0.2) is 4.39 Å². The summed E-state index contributed by atoms with van der Waals surface area (Å²) < 4.78 is 19.9. The molecule has 0 fully saturated rings. The van der Waals surface area contributed by atoms with E-state index in [9.17, 15) is 4.39 Å². The number of benzene rings is 2. The van der Waals surface area contributed by atoms with Crippen molar-refractivity contribution in [2.75, 3.05) is 13.2 Å². The third-order valence-corrected chi connectivity index (χ3v) is 3.83. The zero-order valence-corrected chi connectivity index (χ0v) is 12.3. The highest BCUT2D eigenvalue weighted by Gasteiger charge is 2.13. The Labute approximate surface area is 125 Å². The Morgan fingerprint density at radius 3 is 2.90 bits per heavy atom. The van der Waals surface area contributed by atoms with Gasteiger partial charge >= 0.3 is 0 Å². The number of nitrogens with one attached hydrogen (secondary N) is 1. The van der Waals surface area contributed by atoms with Crippen LogP contribution in [0.3, 0.4) is 0 Å². The van der Waals surface area contributed by atoms with Gasteiger partial charge in [0.1, 0.15) is 11.6 Å². The molecule has 110 valence electrons. The number of hydrogen-bond donors (Lipinski definition) is 1. The van der Waals surface area contributed by atoms with Crippen molar-refractivity contribution in [1.29, 1.82) is 0 Å². The number of halogens is 1. The highest BCUT2D eigenvalue weighted by atomic mass is 19.1. The molecule has 0 spiro atoms. The molecule has 0 saturated carbocycles. The largest absolute Gasteiger partial charge is 0.493 e. The molecule has 0 aliphatic carbocycles. The molecule has 0 amide bonds. The fourth-order valence-electron chi connectivity index (χ4n) is 2.70. The Bertz CT molecular complexity index is 639. The van der Waals surface area contributed by atoms with Crippen LogP contribution in [0.4, 0.5) is 4.39 Å². The minimum atomic E-state index is -0.165. The van der Waals surface area contributed by atoms with Crippen LogP contribution in [0.1, 0.15) is 24.5 Å². The lowest BCUT2D eigenvalue weighted by Crippen LogP contribution is -2.11. The first-order valence-electron chi connectivity index (χ1n) is 7.53. The standard InChI is InChI=1S/C18H20FNO/c1-2-20-12-13-5-7-16(17(19)10-13)14-6-8-18-15(11-14)4-3-9-21-18/h5-8,10-11,20H,2-4,9,12H2,1H3. The Balaban J connectivity index is 1.89. The van der Waals surface area contributed by atoms with Gasteiger partial charge in [-0.05, 0) is 54.3 Å². The van der Waals surface area contributed by atoms with Gasteiger partial charge in [-0.3, -0.25) is 0 Å². The molecule has 2 aromatic rings. The monoisotopic (exact) mass is 285 g/mol. The summed E-state index contributed by atoms with van der Waals surface area (Å²) >= 11 is 0. The molecule has 0 aromatic heterocycles. The van der Waals surface area contributed by atoms with Crippen LogP contribution >= 0.6 is 0 Å². The summed E-state index contributed by atoms with van der Waals surface area (Å²) in [5.74, 6) is 0.774. The highest BCUT2D eigenvalue weighted by molar-refractivity contribution is 5.67. The molecule has 1 aliphatic heterocycles. The molecular weight excluding hydrogens is 265 g/mol. The molecule has 2 nitrogen and oxygen atoms in total. The molecule has 0 saturated heterocycles. The lowest BCUT2D eigenvalue weighted by molar-refractivity contribution is 0.288. The molecule has 0 bridgehead atoms. The average molecular weight is 285 g/mol. The Hall–Kier alpha value is -1.87. The third kappa shape index (κ3) is 3.08. The van der Waals surface area contributed by atoms with Crippen molar-refractivity contribution in [3.8, 4) is 16.9 Å². The molecule has 2 aromatic carbocycles. The SMILES string of the molecule is CCNCc1ccc(-c2ccc3c(c2)CCCO3)c(F)c1. The number of fused-ring (bicyclic) bond motifs is 1. The van der Waals surface area contributed by atoms with Crippen LogP contribution < -0.4 is 10.1 Å². The topological polar surface area (TPSA) is 21.3 Å². The Morgan fingerprint density at radius 1 is 1.19 bits per heavy atom. The second-order valence-corrected chi connectivity index (χ2v) is 5.37. The Morgan fingerprint density at radius 2 is 2.10 bits per heavy atom. The van der Waals surface area contributed by atoms with E-state index in [1.807, 2.05) is 31.2 Å². The van der Waals surface area contributed by atoms with Crippen LogP contribution in [-0.2, 0) is 13.0 Å². The minimum Gasteiger partial charge on any atom is -0.493 e. The maximum atomic E-state index is 14.3. The quantitative estimate of drug-likeness (QED) is 0.919. The van der Waals surface area contributed by atoms with E-state index in [1.165, 1.54) is 5.56 Å². The third-order valence-electron chi connectivity index (χ3n) is 3.83. The summed E-state index contributed by atoms with van der Waals surface area (Å²) in [6, 6.07) is 11.4. The van der Waals surface area contributed by atoms with E-state index < -0.39 is 0 Å². The van der Waals surface area contributed by atoms with Gasteiger partial charge in [-0.1, -0.05) is 25.1 Å². The van der Waals surface area contributed by atoms with Crippen molar-refractivity contribution >= 4 is 0 Å². The van der Waals surface area contributed by atoms with Crippen LogP contribution in [0.15, 0.2) is 36.4 Å². The number of hydrogen-bond acceptors (Lipinski definition) is 2. The Kier molecular flexibility index (Phi) is 4.20. The summed E-state index contributed by atoms with van der Waals surface area (Å²) in [4.78, 5) is 0. The van der Waals surface area contributed by atoms with Crippen LogP contribution in [0, 0.1) is 5.82 Å². The van der Waals surface area contributed by atoms with Crippen molar-refractivity contribution in [1.82, 2.24) is 5.32 Å². The summed E-state index contributed by atoms with van der Waals surface area (Å²) in [6.45, 7) is 4.40. The van der Waals surface area contributed by atoms with E-state index in [1.54, 1.807) is 6.07 Å². The molecule has 1 aliphatic rings. The fourth-order valence-corrected chi connectivity index (χ4v) is 2.70. The van der Waals surface area contributed by atoms with Crippen LogP contribution in [0.5, 0.6) is 5.75 Å². The minimum absolute atomic E-state index is 0.165. The van der Waals surface area contributed by atoms with Crippen LogP contribution in [-0.4, -0.2) is 13.2 Å². The van der Waals surface area contributed by atoms with Gasteiger partial charge < -0.3 is 10.1 Å². The first-order valence-corrected chi connectivity index (χ1v) is 7.53. The van der Waals surface area contributed by atoms with Gasteiger partial charge in [0.05, 0.1) is 6.61 Å². The maximum absolute atomic E-state index is 14.3. The van der Waals surface area contributed by atoms with Crippen LogP contribution in [0.2, 0.25) is 0 Å². The number of aryl methyl sites for hydroxylation is 1. The van der Waals surface area contributed by atoms with Gasteiger partial charge in [0, 0.05) is 12.1 Å².